The summed E-state index contributed by atoms with van der Waals surface area (Å²) >= 11 is 12.6. The van der Waals surface area contributed by atoms with Gasteiger partial charge in [-0.2, -0.15) is 5.06 Å². The van der Waals surface area contributed by atoms with Crippen LogP contribution in [0.3, 0.4) is 0 Å². The summed E-state index contributed by atoms with van der Waals surface area (Å²) in [7, 11) is 0. The molecule has 0 fully saturated rings. The van der Waals surface area contributed by atoms with Crippen LogP contribution in [0.5, 0.6) is 5.75 Å². The summed E-state index contributed by atoms with van der Waals surface area (Å²) in [6.07, 6.45) is 0.121. The van der Waals surface area contributed by atoms with E-state index in [4.69, 9.17) is 42.8 Å². The summed E-state index contributed by atoms with van der Waals surface area (Å²) in [4.78, 5) is 29.5. The minimum atomic E-state index is -1.12. The molecule has 2 heterocycles. The predicted molar refractivity (Wildman–Crippen MR) is 172 cm³/mol. The fourth-order valence-electron chi connectivity index (χ4n) is 5.21. The van der Waals surface area contributed by atoms with Gasteiger partial charge in [-0.15, -0.1) is 0 Å². The van der Waals surface area contributed by atoms with Crippen LogP contribution in [0.1, 0.15) is 70.3 Å². The molecule has 2 aromatic carbocycles. The van der Waals surface area contributed by atoms with Gasteiger partial charge in [-0.1, -0.05) is 68.2 Å². The van der Waals surface area contributed by atoms with Gasteiger partial charge in [-0.05, 0) is 62.6 Å². The van der Waals surface area contributed by atoms with E-state index in [0.717, 1.165) is 16.8 Å². The highest BCUT2D eigenvalue weighted by Gasteiger charge is 2.60. The Kier molecular flexibility index (Phi) is 10.1. The summed E-state index contributed by atoms with van der Waals surface area (Å²) < 4.78 is 6.13. The number of hydroxylamine groups is 2. The molecule has 0 saturated heterocycles. The fourth-order valence-corrected chi connectivity index (χ4v) is 5.46. The number of aliphatic hydroxyl groups excluding tert-OH is 2. The van der Waals surface area contributed by atoms with Crippen molar-refractivity contribution in [2.75, 3.05) is 19.8 Å². The molecule has 1 aliphatic heterocycles. The molecule has 0 radical (unpaired) electrons. The van der Waals surface area contributed by atoms with E-state index < -0.39 is 29.9 Å². The van der Waals surface area contributed by atoms with Crippen LogP contribution in [-0.4, -0.2) is 58.1 Å². The number of aliphatic hydroxyl groups is 2. The zero-order valence-corrected chi connectivity index (χ0v) is 27.4. The molecule has 1 aliphatic rings. The smallest absolute Gasteiger partial charge is 0.431 e. The van der Waals surface area contributed by atoms with Crippen molar-refractivity contribution >= 4 is 35.1 Å². The molecule has 0 saturated carbocycles. The Balaban J connectivity index is 1.94. The first kappa shape index (κ1) is 33.5. The topological polar surface area (TPSA) is 117 Å². The second kappa shape index (κ2) is 13.3. The van der Waals surface area contributed by atoms with Gasteiger partial charge in [0.2, 0.25) is 0 Å². The van der Waals surface area contributed by atoms with Crippen molar-refractivity contribution in [3.63, 3.8) is 0 Å². The molecule has 1 aromatic heterocycles. The van der Waals surface area contributed by atoms with Crippen molar-refractivity contribution in [3.05, 3.63) is 93.2 Å². The first-order valence-corrected chi connectivity index (χ1v) is 15.3. The van der Waals surface area contributed by atoms with E-state index in [2.05, 4.69) is 26.1 Å². The lowest BCUT2D eigenvalue weighted by Gasteiger charge is -2.44. The quantitative estimate of drug-likeness (QED) is 0.235. The summed E-state index contributed by atoms with van der Waals surface area (Å²) in [5.41, 5.74) is 0.589. The van der Waals surface area contributed by atoms with Gasteiger partial charge in [0.25, 0.3) is 0 Å². The van der Waals surface area contributed by atoms with Crippen LogP contribution < -0.4 is 10.1 Å². The average molecular weight is 644 g/mol. The third-order valence-corrected chi connectivity index (χ3v) is 8.50. The van der Waals surface area contributed by atoms with E-state index in [1.807, 2.05) is 51.1 Å². The normalized spacial score (nSPS) is 20.7. The van der Waals surface area contributed by atoms with Gasteiger partial charge in [0, 0.05) is 40.0 Å². The molecular weight excluding hydrogens is 603 g/mol. The number of rotatable bonds is 10. The summed E-state index contributed by atoms with van der Waals surface area (Å²) in [6.45, 7) is 12.1. The number of amides is 1. The largest absolute Gasteiger partial charge is 0.493 e. The number of amidine groups is 1. The molecule has 0 aliphatic carbocycles. The molecule has 4 rings (SSSR count). The van der Waals surface area contributed by atoms with Crippen molar-refractivity contribution in [1.82, 2.24) is 15.4 Å². The lowest BCUT2D eigenvalue weighted by Crippen LogP contribution is -2.54. The van der Waals surface area contributed by atoms with Crippen LogP contribution in [0, 0.1) is 0 Å². The Hall–Kier alpha value is -3.37. The highest BCUT2D eigenvalue weighted by Crippen LogP contribution is 2.53. The van der Waals surface area contributed by atoms with Crippen LogP contribution in [0.2, 0.25) is 10.0 Å². The zero-order valence-electron chi connectivity index (χ0n) is 25.9. The van der Waals surface area contributed by atoms with Crippen molar-refractivity contribution in [2.45, 2.75) is 70.6 Å². The number of nitrogens with one attached hydrogen (secondary N) is 1. The fraction of sp³-hybridized carbons (Fsp3) is 0.424. The molecule has 3 N–H and O–H groups in total. The molecule has 44 heavy (non-hydrogen) atoms. The first-order chi connectivity index (χ1) is 20.7. The monoisotopic (exact) mass is 642 g/mol. The highest BCUT2D eigenvalue weighted by molar-refractivity contribution is 6.30. The van der Waals surface area contributed by atoms with Crippen molar-refractivity contribution in [2.24, 2.45) is 4.99 Å². The third-order valence-electron chi connectivity index (χ3n) is 8.00. The van der Waals surface area contributed by atoms with E-state index in [1.54, 1.807) is 30.5 Å². The molecule has 9 nitrogen and oxygen atoms in total. The first-order valence-electron chi connectivity index (χ1n) is 14.5. The van der Waals surface area contributed by atoms with E-state index in [1.165, 1.54) is 5.06 Å². The van der Waals surface area contributed by atoms with Gasteiger partial charge in [0.05, 0.1) is 24.9 Å². The molecule has 3 atom stereocenters. The Morgan fingerprint density at radius 1 is 1.05 bits per heavy atom. The van der Waals surface area contributed by atoms with Gasteiger partial charge >= 0.3 is 6.09 Å². The lowest BCUT2D eigenvalue weighted by atomic mass is 9.71. The second-order valence-corrected chi connectivity index (χ2v) is 12.9. The number of aliphatic imine (C=N–C) groups is 1. The van der Waals surface area contributed by atoms with Crippen LogP contribution in [0.15, 0.2) is 65.8 Å². The molecule has 0 bridgehead atoms. The van der Waals surface area contributed by atoms with Crippen molar-refractivity contribution < 1.29 is 24.6 Å². The van der Waals surface area contributed by atoms with Crippen LogP contribution in [0.4, 0.5) is 4.79 Å². The molecular formula is C33H40Cl2N4O5. The SMILES string of the molecule is CCOc1cc(C(C)(C)C)ncc1C1=N[C@@](C)(c2ccc(Cl)cc2)[C@@](C)(c2ccc(Cl)cc2)N1OC(=O)NCC[C@H](O)CO. The molecule has 1 amide bonds. The minimum absolute atomic E-state index is 0.0824. The Labute approximate surface area is 268 Å². The summed E-state index contributed by atoms with van der Waals surface area (Å²) in [5, 5.41) is 24.2. The van der Waals surface area contributed by atoms with Crippen LogP contribution in [0.25, 0.3) is 0 Å². The lowest BCUT2D eigenvalue weighted by molar-refractivity contribution is -0.122. The van der Waals surface area contributed by atoms with Gasteiger partial charge in [0.1, 0.15) is 16.8 Å². The van der Waals surface area contributed by atoms with Gasteiger partial charge in [0.15, 0.2) is 5.84 Å². The number of halogens is 2. The number of pyridine rings is 1. The Morgan fingerprint density at radius 3 is 2.18 bits per heavy atom. The van der Waals surface area contributed by atoms with Gasteiger partial charge < -0.3 is 25.1 Å². The number of hydrogen-bond donors (Lipinski definition) is 3. The number of ether oxygens (including phenoxy) is 1. The number of nitrogens with zero attached hydrogens (tertiary/aromatic N) is 3. The van der Waals surface area contributed by atoms with Crippen molar-refractivity contribution in [1.29, 1.82) is 0 Å². The Bertz CT molecular complexity index is 1490. The van der Waals surface area contributed by atoms with E-state index >= 15 is 0 Å². The molecule has 11 heteroatoms. The number of carbonyl (C=O) groups excluding carboxylic acids is 1. The zero-order chi connectivity index (χ0) is 32.3. The molecule has 0 spiro atoms. The predicted octanol–water partition coefficient (Wildman–Crippen LogP) is 6.36. The minimum Gasteiger partial charge on any atom is -0.493 e. The van der Waals surface area contributed by atoms with E-state index in [0.29, 0.717) is 33.8 Å². The maximum Gasteiger partial charge on any atom is 0.431 e. The number of carbonyl (C=O) groups is 1. The molecule has 236 valence electrons. The van der Waals surface area contributed by atoms with Gasteiger partial charge in [-0.25, -0.2) is 4.79 Å². The number of benzene rings is 2. The maximum atomic E-state index is 13.3. The van der Waals surface area contributed by atoms with Crippen LogP contribution in [-0.2, 0) is 21.3 Å². The van der Waals surface area contributed by atoms with E-state index in [9.17, 15) is 15.0 Å². The molecule has 0 unspecified atom stereocenters. The third kappa shape index (κ3) is 6.66. The molecule has 3 aromatic rings. The Morgan fingerprint density at radius 2 is 1.64 bits per heavy atom. The van der Waals surface area contributed by atoms with Crippen LogP contribution >= 0.6 is 23.2 Å². The highest BCUT2D eigenvalue weighted by atomic mass is 35.5. The number of hydrogen-bond acceptors (Lipinski definition) is 8. The average Bonchev–Trinajstić information content (AvgIpc) is 3.20. The summed E-state index contributed by atoms with van der Waals surface area (Å²) in [5.74, 6) is 0.881. The standard InChI is InChI=1S/C33H40Cl2N4O5/c1-7-43-27-18-28(31(2,3)4)37-19-26(27)29-38-32(5,21-8-12-23(34)13-9-21)33(6,22-10-14-24(35)15-11-22)39(29)44-30(42)36-17-16-25(41)20-40/h8-15,18-19,25,40-41H,7,16-17,20H2,1-6H3,(H,36,42)/t25-,32-,33+/m0/s1. The second-order valence-electron chi connectivity index (χ2n) is 12.1. The van der Waals surface area contributed by atoms with Crippen molar-refractivity contribution in [3.8, 4) is 5.75 Å². The maximum absolute atomic E-state index is 13.3. The van der Waals surface area contributed by atoms with Gasteiger partial charge in [-0.3, -0.25) is 9.98 Å². The van der Waals surface area contributed by atoms with E-state index in [-0.39, 0.29) is 18.4 Å². The number of aromatic nitrogens is 1. The summed E-state index contributed by atoms with van der Waals surface area (Å²) in [6, 6.07) is 16.6.